The van der Waals surface area contributed by atoms with Gasteiger partial charge in [0.25, 0.3) is 0 Å². The average Bonchev–Trinajstić information content (AvgIpc) is 3.05. The summed E-state index contributed by atoms with van der Waals surface area (Å²) in [6, 6.07) is 0.337. The van der Waals surface area contributed by atoms with Crippen molar-refractivity contribution in [3.05, 3.63) is 5.82 Å². The lowest BCUT2D eigenvalue weighted by Crippen LogP contribution is -2.36. The fourth-order valence-corrected chi connectivity index (χ4v) is 6.62. The van der Waals surface area contributed by atoms with Crippen molar-refractivity contribution in [3.8, 4) is 0 Å². The summed E-state index contributed by atoms with van der Waals surface area (Å²) in [5, 5.41) is 9.33. The number of carbonyl (C=O) groups is 1. The van der Waals surface area contributed by atoms with Crippen LogP contribution in [0.5, 0.6) is 0 Å². The van der Waals surface area contributed by atoms with Crippen molar-refractivity contribution in [1.82, 2.24) is 14.8 Å². The molecule has 22 heavy (non-hydrogen) atoms. The average molecular weight is 319 g/mol. The molecular formula is C17H25N3OS. The minimum atomic E-state index is 0.0290. The lowest BCUT2D eigenvalue weighted by atomic mass is 9.67. The van der Waals surface area contributed by atoms with Crippen LogP contribution in [0.4, 0.5) is 0 Å². The van der Waals surface area contributed by atoms with E-state index in [-0.39, 0.29) is 5.41 Å². The summed E-state index contributed by atoms with van der Waals surface area (Å²) in [7, 11) is 0. The molecule has 0 spiro atoms. The van der Waals surface area contributed by atoms with Gasteiger partial charge in [-0.15, -0.1) is 10.2 Å². The normalized spacial score (nSPS) is 35.7. The van der Waals surface area contributed by atoms with Gasteiger partial charge in [0.1, 0.15) is 11.6 Å². The Bertz CT molecular complexity index is 590. The third-order valence-corrected chi connectivity index (χ3v) is 7.14. The van der Waals surface area contributed by atoms with Crippen LogP contribution in [-0.2, 0) is 4.79 Å². The molecule has 4 fully saturated rings. The number of ketones is 1. The smallest absolute Gasteiger partial charge is 0.191 e. The third-order valence-electron chi connectivity index (χ3n) is 6.20. The summed E-state index contributed by atoms with van der Waals surface area (Å²) < 4.78 is 2.13. The van der Waals surface area contributed by atoms with Gasteiger partial charge in [-0.25, -0.2) is 0 Å². The quantitative estimate of drug-likeness (QED) is 0.777. The Kier molecular flexibility index (Phi) is 3.40. The Balaban J connectivity index is 1.46. The van der Waals surface area contributed by atoms with Gasteiger partial charge >= 0.3 is 0 Å². The minimum Gasteiger partial charge on any atom is -0.304 e. The SMILES string of the molecule is Cc1nnc(SCC(=O)C23CC4CC(C2)C(C4)C3)n1C(C)C. The monoisotopic (exact) mass is 319 g/mol. The third kappa shape index (κ3) is 2.15. The van der Waals surface area contributed by atoms with Crippen molar-refractivity contribution in [2.75, 3.05) is 5.75 Å². The Labute approximate surface area is 136 Å². The maximum absolute atomic E-state index is 12.9. The second-order valence-electron chi connectivity index (χ2n) is 7.96. The van der Waals surface area contributed by atoms with E-state index in [2.05, 4.69) is 28.6 Å². The van der Waals surface area contributed by atoms with Crippen LogP contribution in [0.2, 0.25) is 0 Å². The molecule has 2 unspecified atom stereocenters. The van der Waals surface area contributed by atoms with Crippen molar-refractivity contribution in [3.63, 3.8) is 0 Å². The van der Waals surface area contributed by atoms with E-state index in [9.17, 15) is 4.79 Å². The predicted octanol–water partition coefficient (Wildman–Crippen LogP) is 3.65. The van der Waals surface area contributed by atoms with Crippen molar-refractivity contribution in [1.29, 1.82) is 0 Å². The summed E-state index contributed by atoms with van der Waals surface area (Å²) in [4.78, 5) is 12.9. The topological polar surface area (TPSA) is 47.8 Å². The fraction of sp³-hybridized carbons (Fsp3) is 0.824. The van der Waals surface area contributed by atoms with Crippen molar-refractivity contribution >= 4 is 17.5 Å². The number of thioether (sulfide) groups is 1. The molecule has 0 N–H and O–H groups in total. The predicted molar refractivity (Wildman–Crippen MR) is 86.9 cm³/mol. The van der Waals surface area contributed by atoms with Crippen molar-refractivity contribution in [2.45, 2.75) is 64.1 Å². The van der Waals surface area contributed by atoms with Crippen LogP contribution < -0.4 is 0 Å². The van der Waals surface area contributed by atoms with Gasteiger partial charge in [0.2, 0.25) is 0 Å². The van der Waals surface area contributed by atoms with E-state index in [1.807, 2.05) is 6.92 Å². The molecule has 1 heterocycles. The van der Waals surface area contributed by atoms with Crippen LogP contribution in [0.15, 0.2) is 5.16 Å². The zero-order valence-electron chi connectivity index (χ0n) is 13.7. The first-order chi connectivity index (χ1) is 10.5. The molecule has 2 atom stereocenters. The van der Waals surface area contributed by atoms with Gasteiger partial charge in [-0.2, -0.15) is 0 Å². The van der Waals surface area contributed by atoms with Crippen LogP contribution in [0.25, 0.3) is 0 Å². The molecule has 4 aliphatic carbocycles. The fourth-order valence-electron chi connectivity index (χ4n) is 5.48. The molecule has 4 aliphatic rings. The Morgan fingerprint density at radius 1 is 1.27 bits per heavy atom. The highest BCUT2D eigenvalue weighted by atomic mass is 32.2. The van der Waals surface area contributed by atoms with E-state index in [1.54, 1.807) is 11.8 Å². The Morgan fingerprint density at radius 2 is 1.95 bits per heavy atom. The van der Waals surface area contributed by atoms with Crippen LogP contribution in [0, 0.1) is 30.1 Å². The maximum atomic E-state index is 12.9. The number of nitrogens with zero attached hydrogens (tertiary/aromatic N) is 3. The number of aromatic nitrogens is 3. The van der Waals surface area contributed by atoms with E-state index in [0.717, 1.165) is 35.2 Å². The van der Waals surface area contributed by atoms with Gasteiger partial charge < -0.3 is 4.57 Å². The molecule has 0 saturated heterocycles. The number of rotatable bonds is 5. The zero-order valence-corrected chi connectivity index (χ0v) is 14.5. The first kappa shape index (κ1) is 14.7. The van der Waals surface area contributed by atoms with Gasteiger partial charge in [-0.1, -0.05) is 11.8 Å². The number of Topliss-reactive ketones (excluding diaryl/α,β-unsaturated/α-hetero) is 1. The molecule has 4 saturated carbocycles. The second kappa shape index (κ2) is 5.08. The standard InChI is InChI=1S/C17H25N3OS/c1-10(2)20-11(3)18-19-16(20)22-9-15(21)17-6-12-4-13(7-17)14(5-12)8-17/h10,12-14H,4-9H2,1-3H3. The van der Waals surface area contributed by atoms with E-state index >= 15 is 0 Å². The van der Waals surface area contributed by atoms with Gasteiger partial charge in [-0.05, 0) is 70.6 Å². The number of hydrogen-bond acceptors (Lipinski definition) is 4. The molecule has 0 aromatic carbocycles. The van der Waals surface area contributed by atoms with E-state index < -0.39 is 0 Å². The molecule has 0 radical (unpaired) electrons. The summed E-state index contributed by atoms with van der Waals surface area (Å²) in [6.07, 6.45) is 6.30. The Hall–Kier alpha value is -0.840. The van der Waals surface area contributed by atoms with E-state index in [1.165, 1.54) is 25.7 Å². The Morgan fingerprint density at radius 3 is 2.55 bits per heavy atom. The summed E-state index contributed by atoms with van der Waals surface area (Å²) in [5.74, 6) is 4.53. The summed E-state index contributed by atoms with van der Waals surface area (Å²) in [6.45, 7) is 6.25. The number of hydrogen-bond donors (Lipinski definition) is 0. The zero-order chi connectivity index (χ0) is 15.5. The van der Waals surface area contributed by atoms with E-state index in [0.29, 0.717) is 17.6 Å². The molecule has 5 rings (SSSR count). The van der Waals surface area contributed by atoms with Gasteiger partial charge in [0.05, 0.1) is 5.75 Å². The molecule has 4 bridgehead atoms. The molecule has 4 nitrogen and oxygen atoms in total. The van der Waals surface area contributed by atoms with Gasteiger partial charge in [0.15, 0.2) is 5.16 Å². The lowest BCUT2D eigenvalue weighted by Gasteiger charge is -2.36. The van der Waals surface area contributed by atoms with Crippen LogP contribution in [0.3, 0.4) is 0 Å². The molecule has 1 aromatic rings. The first-order valence-electron chi connectivity index (χ1n) is 8.56. The minimum absolute atomic E-state index is 0.0290. The largest absolute Gasteiger partial charge is 0.304 e. The molecule has 5 heteroatoms. The molecule has 1 aromatic heterocycles. The highest BCUT2D eigenvalue weighted by molar-refractivity contribution is 7.99. The van der Waals surface area contributed by atoms with E-state index in [4.69, 9.17) is 0 Å². The second-order valence-corrected chi connectivity index (χ2v) is 8.90. The van der Waals surface area contributed by atoms with Crippen LogP contribution in [-0.4, -0.2) is 26.3 Å². The number of carbonyl (C=O) groups excluding carboxylic acids is 1. The van der Waals surface area contributed by atoms with Gasteiger partial charge in [0, 0.05) is 11.5 Å². The van der Waals surface area contributed by atoms with Crippen LogP contribution in [0.1, 0.15) is 57.8 Å². The molecule has 120 valence electrons. The maximum Gasteiger partial charge on any atom is 0.191 e. The molecule has 0 aliphatic heterocycles. The highest BCUT2D eigenvalue weighted by Gasteiger charge is 2.58. The van der Waals surface area contributed by atoms with Gasteiger partial charge in [-0.3, -0.25) is 4.79 Å². The molecule has 0 amide bonds. The summed E-state index contributed by atoms with van der Waals surface area (Å²) in [5.41, 5.74) is 0.0290. The van der Waals surface area contributed by atoms with Crippen molar-refractivity contribution < 1.29 is 4.79 Å². The van der Waals surface area contributed by atoms with Crippen LogP contribution >= 0.6 is 11.8 Å². The number of aryl methyl sites for hydroxylation is 1. The lowest BCUT2D eigenvalue weighted by molar-refractivity contribution is -0.128. The summed E-state index contributed by atoms with van der Waals surface area (Å²) >= 11 is 1.59. The van der Waals surface area contributed by atoms with Crippen molar-refractivity contribution in [2.24, 2.45) is 23.2 Å². The first-order valence-corrected chi connectivity index (χ1v) is 9.55. The highest BCUT2D eigenvalue weighted by Crippen LogP contribution is 2.64. The molecular weight excluding hydrogens is 294 g/mol.